The highest BCUT2D eigenvalue weighted by Crippen LogP contribution is 2.59. The van der Waals surface area contributed by atoms with Crippen molar-refractivity contribution in [1.82, 2.24) is 5.01 Å². The number of amides is 1. The van der Waals surface area contributed by atoms with Crippen molar-refractivity contribution in [1.29, 1.82) is 0 Å². The van der Waals surface area contributed by atoms with Crippen LogP contribution in [0.3, 0.4) is 0 Å². The van der Waals surface area contributed by atoms with Gasteiger partial charge in [0.1, 0.15) is 17.7 Å². The number of carbonyl (C=O) groups is 2. The lowest BCUT2D eigenvalue weighted by molar-refractivity contribution is -0.134. The lowest BCUT2D eigenvalue weighted by Gasteiger charge is -2.39. The van der Waals surface area contributed by atoms with Gasteiger partial charge < -0.3 is 9.64 Å². The number of hydrazone groups is 1. The van der Waals surface area contributed by atoms with Gasteiger partial charge >= 0.3 is 5.97 Å². The minimum absolute atomic E-state index is 0.176. The highest BCUT2D eigenvalue weighted by atomic mass is 19.1. The molecule has 0 fully saturated rings. The Morgan fingerprint density at radius 2 is 1.74 bits per heavy atom. The number of fused-ring (bicyclic) bond motifs is 6. The Morgan fingerprint density at radius 3 is 2.49 bits per heavy atom. The molecule has 3 heterocycles. The molecule has 1 spiro atoms. The van der Waals surface area contributed by atoms with Gasteiger partial charge in [0, 0.05) is 18.3 Å². The first-order valence-corrected chi connectivity index (χ1v) is 11.0. The molecule has 0 bridgehead atoms. The van der Waals surface area contributed by atoms with Crippen LogP contribution in [-0.4, -0.2) is 36.8 Å². The third-order valence-electron chi connectivity index (χ3n) is 6.95. The molecular weight excluding hydrogens is 452 g/mol. The monoisotopic (exact) mass is 471 g/mol. The van der Waals surface area contributed by atoms with Crippen molar-refractivity contribution in [3.05, 3.63) is 101 Å². The predicted molar refractivity (Wildman–Crippen MR) is 126 cm³/mol. The molecule has 0 radical (unpaired) electrons. The van der Waals surface area contributed by atoms with Crippen LogP contribution in [-0.2, 0) is 19.7 Å². The van der Waals surface area contributed by atoms with Gasteiger partial charge in [0.15, 0.2) is 11.1 Å². The van der Waals surface area contributed by atoms with Gasteiger partial charge in [-0.2, -0.15) is 5.10 Å². The standard InChI is InChI=1S/C27H19F2N3O3/c1-31-21-11-10-18(29)14-20(21)27(26(31)34)23(25(33)35-2)30-32-22(15-6-4-3-5-7-15)12-16-8-9-17(28)13-19(16)24(27)32/h3-14,24H,1-2H3/t24-,27+/m0/s1. The van der Waals surface area contributed by atoms with Crippen LogP contribution in [0.2, 0.25) is 0 Å². The molecule has 8 heteroatoms. The number of hydrogen-bond donors (Lipinski definition) is 0. The summed E-state index contributed by atoms with van der Waals surface area (Å²) in [5, 5.41) is 6.20. The van der Waals surface area contributed by atoms with Gasteiger partial charge in [-0.05, 0) is 53.1 Å². The molecule has 0 saturated carbocycles. The molecule has 1 amide bonds. The summed E-state index contributed by atoms with van der Waals surface area (Å²) in [7, 11) is 2.77. The first-order valence-electron chi connectivity index (χ1n) is 11.0. The minimum Gasteiger partial charge on any atom is -0.464 e. The Hall–Kier alpha value is -4.33. The van der Waals surface area contributed by atoms with E-state index in [2.05, 4.69) is 5.10 Å². The average molecular weight is 471 g/mol. The molecule has 2 atom stereocenters. The van der Waals surface area contributed by atoms with Gasteiger partial charge in [-0.3, -0.25) is 9.80 Å². The van der Waals surface area contributed by atoms with Gasteiger partial charge in [0.05, 0.1) is 12.8 Å². The number of nitrogens with zero attached hydrogens (tertiary/aromatic N) is 3. The molecule has 3 aromatic carbocycles. The topological polar surface area (TPSA) is 62.2 Å². The highest BCUT2D eigenvalue weighted by molar-refractivity contribution is 6.48. The summed E-state index contributed by atoms with van der Waals surface area (Å²) in [4.78, 5) is 28.6. The maximum absolute atomic E-state index is 14.6. The fraction of sp³-hybridized carbons (Fsp3) is 0.148. The molecule has 0 unspecified atom stereocenters. The Balaban J connectivity index is 1.72. The molecule has 0 aromatic heterocycles. The summed E-state index contributed by atoms with van der Waals surface area (Å²) in [5.41, 5.74) is 1.36. The van der Waals surface area contributed by atoms with E-state index in [1.54, 1.807) is 18.1 Å². The van der Waals surface area contributed by atoms with Crippen LogP contribution in [0.1, 0.15) is 28.3 Å². The normalized spacial score (nSPS) is 21.9. The van der Waals surface area contributed by atoms with E-state index in [4.69, 9.17) is 4.74 Å². The lowest BCUT2D eigenvalue weighted by Crippen LogP contribution is -2.52. The van der Waals surface area contributed by atoms with E-state index < -0.39 is 35.0 Å². The number of carbonyl (C=O) groups excluding carboxylic acids is 2. The number of methoxy groups -OCH3 is 1. The fourth-order valence-corrected chi connectivity index (χ4v) is 5.46. The number of esters is 1. The maximum atomic E-state index is 14.6. The van der Waals surface area contributed by atoms with Gasteiger partial charge in [0.2, 0.25) is 5.91 Å². The summed E-state index contributed by atoms with van der Waals surface area (Å²) < 4.78 is 34.3. The average Bonchev–Trinajstić information content (AvgIpc) is 3.33. The number of ether oxygens (including phenoxy) is 1. The van der Waals surface area contributed by atoms with Crippen molar-refractivity contribution in [2.24, 2.45) is 5.10 Å². The molecule has 3 aromatic rings. The maximum Gasteiger partial charge on any atom is 0.355 e. The van der Waals surface area contributed by atoms with Gasteiger partial charge in [-0.1, -0.05) is 36.4 Å². The van der Waals surface area contributed by atoms with Crippen molar-refractivity contribution in [3.8, 4) is 0 Å². The van der Waals surface area contributed by atoms with Crippen LogP contribution in [0.5, 0.6) is 0 Å². The van der Waals surface area contributed by atoms with Gasteiger partial charge in [-0.15, -0.1) is 0 Å². The van der Waals surface area contributed by atoms with Gasteiger partial charge in [-0.25, -0.2) is 13.6 Å². The molecule has 35 heavy (non-hydrogen) atoms. The zero-order chi connectivity index (χ0) is 24.5. The number of likely N-dealkylation sites (N-methyl/N-ethyl adjacent to an activating group) is 1. The summed E-state index contributed by atoms with van der Waals surface area (Å²) in [6, 6.07) is 16.7. The van der Waals surface area contributed by atoms with Crippen molar-refractivity contribution in [2.75, 3.05) is 19.1 Å². The van der Waals surface area contributed by atoms with Crippen LogP contribution in [0.4, 0.5) is 14.5 Å². The second-order valence-corrected chi connectivity index (χ2v) is 8.69. The highest BCUT2D eigenvalue weighted by Gasteiger charge is 2.67. The second kappa shape index (κ2) is 7.33. The molecule has 3 aliphatic heterocycles. The molecule has 0 aliphatic carbocycles. The smallest absolute Gasteiger partial charge is 0.355 e. The number of benzene rings is 3. The summed E-state index contributed by atoms with van der Waals surface area (Å²) in [5.74, 6) is -2.36. The minimum atomic E-state index is -1.74. The van der Waals surface area contributed by atoms with Crippen LogP contribution < -0.4 is 4.90 Å². The molecule has 0 N–H and O–H groups in total. The van der Waals surface area contributed by atoms with Crippen LogP contribution in [0.15, 0.2) is 71.8 Å². The Bertz CT molecular complexity index is 1480. The molecule has 174 valence electrons. The van der Waals surface area contributed by atoms with E-state index >= 15 is 0 Å². The quantitative estimate of drug-likeness (QED) is 0.524. The lowest BCUT2D eigenvalue weighted by atomic mass is 9.68. The Labute approximate surface area is 199 Å². The number of rotatable bonds is 2. The molecule has 6 nitrogen and oxygen atoms in total. The molecular formula is C27H19F2N3O3. The Morgan fingerprint density at radius 1 is 1.03 bits per heavy atom. The van der Waals surface area contributed by atoms with Crippen LogP contribution in [0.25, 0.3) is 11.8 Å². The summed E-state index contributed by atoms with van der Waals surface area (Å²) >= 11 is 0. The van der Waals surface area contributed by atoms with E-state index in [0.717, 1.165) is 5.56 Å². The zero-order valence-corrected chi connectivity index (χ0v) is 18.8. The van der Waals surface area contributed by atoms with Crippen molar-refractivity contribution >= 4 is 35.0 Å². The van der Waals surface area contributed by atoms with Crippen LogP contribution in [0, 0.1) is 11.6 Å². The summed E-state index contributed by atoms with van der Waals surface area (Å²) in [6.07, 6.45) is 1.84. The molecule has 0 saturated heterocycles. The third-order valence-corrected chi connectivity index (χ3v) is 6.95. The third kappa shape index (κ3) is 2.70. The van der Waals surface area contributed by atoms with E-state index in [-0.39, 0.29) is 11.3 Å². The SMILES string of the molecule is COC(=O)C1=NN2C(c3ccccc3)=Cc3ccc(F)cc3[C@H]2[C@]12C(=O)N(C)c1ccc(F)cc12. The molecule has 3 aliphatic rings. The second-order valence-electron chi connectivity index (χ2n) is 8.69. The van der Waals surface area contributed by atoms with E-state index in [9.17, 15) is 18.4 Å². The summed E-state index contributed by atoms with van der Waals surface area (Å²) in [6.45, 7) is 0. The van der Waals surface area contributed by atoms with E-state index in [0.29, 0.717) is 22.5 Å². The van der Waals surface area contributed by atoms with E-state index in [1.807, 2.05) is 36.4 Å². The van der Waals surface area contributed by atoms with Crippen molar-refractivity contribution in [2.45, 2.75) is 11.5 Å². The first-order chi connectivity index (χ1) is 16.9. The van der Waals surface area contributed by atoms with Crippen LogP contribution >= 0.6 is 0 Å². The number of anilines is 1. The van der Waals surface area contributed by atoms with Crippen molar-refractivity contribution < 1.29 is 23.1 Å². The first kappa shape index (κ1) is 21.2. The molecule has 6 rings (SSSR count). The Kier molecular flexibility index (Phi) is 4.45. The number of halogens is 2. The zero-order valence-electron chi connectivity index (χ0n) is 18.8. The largest absolute Gasteiger partial charge is 0.464 e. The predicted octanol–water partition coefficient (Wildman–Crippen LogP) is 4.28. The van der Waals surface area contributed by atoms with E-state index in [1.165, 1.54) is 42.3 Å². The van der Waals surface area contributed by atoms with Gasteiger partial charge in [0.25, 0.3) is 0 Å². The van der Waals surface area contributed by atoms with Crippen molar-refractivity contribution in [3.63, 3.8) is 0 Å². The fourth-order valence-electron chi connectivity index (χ4n) is 5.46. The number of hydrogen-bond acceptors (Lipinski definition) is 5.